The van der Waals surface area contributed by atoms with Gasteiger partial charge in [0.05, 0.1) is 16.1 Å². The summed E-state index contributed by atoms with van der Waals surface area (Å²) >= 11 is 6.06. The molecule has 0 amide bonds. The van der Waals surface area contributed by atoms with Crippen LogP contribution in [0.4, 0.5) is 0 Å². The summed E-state index contributed by atoms with van der Waals surface area (Å²) in [5.41, 5.74) is -0.682. The fraction of sp³-hybridized carbons (Fsp3) is 0.500. The van der Waals surface area contributed by atoms with Crippen LogP contribution in [0.1, 0.15) is 62.3 Å². The molecule has 0 spiro atoms. The van der Waals surface area contributed by atoms with Crippen LogP contribution in [0.5, 0.6) is 0 Å². The fourth-order valence-electron chi connectivity index (χ4n) is 1.48. The Morgan fingerprint density at radius 2 is 1.38 bits per heavy atom. The SMILES string of the molecule is CC(C)(C)OC(=O)c1ccc(C(=O)OC(C)(C)C)c(Cl)c1. The highest BCUT2D eigenvalue weighted by Crippen LogP contribution is 2.22. The van der Waals surface area contributed by atoms with Gasteiger partial charge in [-0.05, 0) is 59.7 Å². The first-order valence-corrected chi connectivity index (χ1v) is 7.03. The van der Waals surface area contributed by atoms with E-state index >= 15 is 0 Å². The predicted octanol–water partition coefficient (Wildman–Crippen LogP) is 4.25. The van der Waals surface area contributed by atoms with Crippen LogP contribution in [0.25, 0.3) is 0 Å². The Morgan fingerprint density at radius 1 is 0.905 bits per heavy atom. The molecular weight excluding hydrogens is 292 g/mol. The first kappa shape index (κ1) is 17.5. The van der Waals surface area contributed by atoms with Gasteiger partial charge in [0.25, 0.3) is 0 Å². The second-order valence-electron chi connectivity index (χ2n) is 6.70. The number of carbonyl (C=O) groups excluding carboxylic acids is 2. The van der Waals surface area contributed by atoms with Crippen molar-refractivity contribution in [3.8, 4) is 0 Å². The standard InChI is InChI=1S/C16H21ClO4/c1-15(2,3)20-13(18)10-7-8-11(12(17)9-10)14(19)21-16(4,5)6/h7-9H,1-6H3. The van der Waals surface area contributed by atoms with E-state index in [4.69, 9.17) is 21.1 Å². The van der Waals surface area contributed by atoms with Gasteiger partial charge < -0.3 is 9.47 Å². The number of hydrogen-bond acceptors (Lipinski definition) is 4. The van der Waals surface area contributed by atoms with Crippen molar-refractivity contribution in [2.45, 2.75) is 52.7 Å². The lowest BCUT2D eigenvalue weighted by Crippen LogP contribution is -2.25. The molecule has 0 heterocycles. The maximum absolute atomic E-state index is 12.0. The van der Waals surface area contributed by atoms with E-state index in [2.05, 4.69) is 0 Å². The van der Waals surface area contributed by atoms with Crippen LogP contribution in [0.15, 0.2) is 18.2 Å². The summed E-state index contributed by atoms with van der Waals surface area (Å²) in [7, 11) is 0. The molecule has 0 fully saturated rings. The number of hydrogen-bond donors (Lipinski definition) is 0. The highest BCUT2D eigenvalue weighted by Gasteiger charge is 2.22. The van der Waals surface area contributed by atoms with Gasteiger partial charge in [0.2, 0.25) is 0 Å². The lowest BCUT2D eigenvalue weighted by Gasteiger charge is -2.21. The van der Waals surface area contributed by atoms with Crippen molar-refractivity contribution in [2.24, 2.45) is 0 Å². The minimum absolute atomic E-state index is 0.160. The summed E-state index contributed by atoms with van der Waals surface area (Å²) < 4.78 is 10.5. The lowest BCUT2D eigenvalue weighted by atomic mass is 10.1. The van der Waals surface area contributed by atoms with E-state index in [9.17, 15) is 9.59 Å². The Labute approximate surface area is 130 Å². The van der Waals surface area contributed by atoms with Crippen molar-refractivity contribution in [3.05, 3.63) is 34.3 Å². The predicted molar refractivity (Wildman–Crippen MR) is 81.8 cm³/mol. The smallest absolute Gasteiger partial charge is 0.340 e. The van der Waals surface area contributed by atoms with Gasteiger partial charge in [-0.1, -0.05) is 11.6 Å². The van der Waals surface area contributed by atoms with Crippen molar-refractivity contribution in [1.82, 2.24) is 0 Å². The molecule has 0 aliphatic carbocycles. The van der Waals surface area contributed by atoms with Crippen molar-refractivity contribution in [3.63, 3.8) is 0 Å². The van der Waals surface area contributed by atoms with E-state index in [0.717, 1.165) is 0 Å². The molecule has 5 heteroatoms. The summed E-state index contributed by atoms with van der Waals surface area (Å²) in [6.45, 7) is 10.7. The highest BCUT2D eigenvalue weighted by atomic mass is 35.5. The van der Waals surface area contributed by atoms with Crippen LogP contribution in [0, 0.1) is 0 Å². The molecule has 0 unspecified atom stereocenters. The number of benzene rings is 1. The lowest BCUT2D eigenvalue weighted by molar-refractivity contribution is 0.00519. The van der Waals surface area contributed by atoms with Crippen LogP contribution >= 0.6 is 11.6 Å². The van der Waals surface area contributed by atoms with E-state index in [1.807, 2.05) is 0 Å². The Balaban J connectivity index is 2.96. The fourth-order valence-corrected chi connectivity index (χ4v) is 1.74. The Morgan fingerprint density at radius 3 is 1.81 bits per heavy atom. The second-order valence-corrected chi connectivity index (χ2v) is 7.11. The van der Waals surface area contributed by atoms with E-state index in [0.29, 0.717) is 5.56 Å². The van der Waals surface area contributed by atoms with Crippen LogP contribution in [0.2, 0.25) is 5.02 Å². The monoisotopic (exact) mass is 312 g/mol. The molecule has 0 aliphatic rings. The zero-order chi connectivity index (χ0) is 16.4. The third-order valence-corrected chi connectivity index (χ3v) is 2.54. The molecule has 116 valence electrons. The minimum atomic E-state index is -0.607. The Kier molecular flexibility index (Phi) is 5.05. The normalized spacial score (nSPS) is 12.0. The molecule has 0 radical (unpaired) electrons. The molecule has 0 saturated heterocycles. The first-order valence-electron chi connectivity index (χ1n) is 6.65. The number of rotatable bonds is 2. The molecule has 0 aliphatic heterocycles. The van der Waals surface area contributed by atoms with Gasteiger partial charge in [0, 0.05) is 0 Å². The molecule has 1 aromatic rings. The maximum Gasteiger partial charge on any atom is 0.340 e. The van der Waals surface area contributed by atoms with E-state index in [-0.39, 0.29) is 10.6 Å². The van der Waals surface area contributed by atoms with Crippen LogP contribution < -0.4 is 0 Å². The van der Waals surface area contributed by atoms with E-state index in [1.54, 1.807) is 41.5 Å². The zero-order valence-electron chi connectivity index (χ0n) is 13.2. The van der Waals surface area contributed by atoms with E-state index < -0.39 is 23.1 Å². The molecule has 0 bridgehead atoms. The van der Waals surface area contributed by atoms with Crippen LogP contribution in [0.3, 0.4) is 0 Å². The van der Waals surface area contributed by atoms with Crippen molar-refractivity contribution in [1.29, 1.82) is 0 Å². The summed E-state index contributed by atoms with van der Waals surface area (Å²) in [6.07, 6.45) is 0. The molecule has 4 nitrogen and oxygen atoms in total. The average Bonchev–Trinajstić information content (AvgIpc) is 2.23. The minimum Gasteiger partial charge on any atom is -0.456 e. The highest BCUT2D eigenvalue weighted by molar-refractivity contribution is 6.34. The number of carbonyl (C=O) groups is 2. The Hall–Kier alpha value is -1.55. The van der Waals surface area contributed by atoms with Gasteiger partial charge in [-0.2, -0.15) is 0 Å². The first-order chi connectivity index (χ1) is 9.39. The third kappa shape index (κ3) is 5.76. The topological polar surface area (TPSA) is 52.6 Å². The van der Waals surface area contributed by atoms with Crippen LogP contribution in [-0.4, -0.2) is 23.1 Å². The summed E-state index contributed by atoms with van der Waals surface area (Å²) in [5.74, 6) is -1.01. The molecule has 21 heavy (non-hydrogen) atoms. The molecule has 1 rings (SSSR count). The van der Waals surface area contributed by atoms with Gasteiger partial charge in [-0.15, -0.1) is 0 Å². The molecule has 0 N–H and O–H groups in total. The van der Waals surface area contributed by atoms with Gasteiger partial charge in [-0.3, -0.25) is 0 Å². The Bertz CT molecular complexity index is 550. The number of esters is 2. The number of halogens is 1. The zero-order valence-corrected chi connectivity index (χ0v) is 14.0. The van der Waals surface area contributed by atoms with E-state index in [1.165, 1.54) is 18.2 Å². The molecule has 0 saturated carbocycles. The molecule has 1 aromatic carbocycles. The van der Waals surface area contributed by atoms with Crippen molar-refractivity contribution >= 4 is 23.5 Å². The average molecular weight is 313 g/mol. The maximum atomic E-state index is 12.0. The number of ether oxygens (including phenoxy) is 2. The largest absolute Gasteiger partial charge is 0.456 e. The summed E-state index contributed by atoms with van der Waals surface area (Å²) in [5, 5.41) is 0.160. The third-order valence-electron chi connectivity index (χ3n) is 2.22. The van der Waals surface area contributed by atoms with Gasteiger partial charge in [0.15, 0.2) is 0 Å². The summed E-state index contributed by atoms with van der Waals surface area (Å²) in [6, 6.07) is 4.38. The molecule has 0 atom stereocenters. The molecule has 0 aromatic heterocycles. The quantitative estimate of drug-likeness (QED) is 0.766. The summed E-state index contributed by atoms with van der Waals surface area (Å²) in [4.78, 5) is 23.9. The van der Waals surface area contributed by atoms with Crippen LogP contribution in [-0.2, 0) is 9.47 Å². The van der Waals surface area contributed by atoms with Crippen molar-refractivity contribution < 1.29 is 19.1 Å². The molecular formula is C16H21ClO4. The van der Waals surface area contributed by atoms with Gasteiger partial charge in [0.1, 0.15) is 11.2 Å². The van der Waals surface area contributed by atoms with Gasteiger partial charge in [-0.25, -0.2) is 9.59 Å². The second kappa shape index (κ2) is 6.06. The van der Waals surface area contributed by atoms with Gasteiger partial charge >= 0.3 is 11.9 Å². The van der Waals surface area contributed by atoms with Crippen molar-refractivity contribution in [2.75, 3.05) is 0 Å².